The molecular formula is C24H21F4N5OS2. The molecule has 0 N–H and O–H groups in total. The molecule has 3 aromatic heterocycles. The first-order valence-electron chi connectivity index (χ1n) is 11.6. The van der Waals surface area contributed by atoms with Gasteiger partial charge >= 0.3 is 6.18 Å². The largest absolute Gasteiger partial charge is 0.416 e. The average molecular weight is 536 g/mol. The Bertz CT molecular complexity index is 1430. The summed E-state index contributed by atoms with van der Waals surface area (Å²) in [6.07, 6.45) is 4.51. The van der Waals surface area contributed by atoms with E-state index in [-0.39, 0.29) is 23.3 Å². The molecule has 1 saturated heterocycles. The number of thiazole rings is 1. The summed E-state index contributed by atoms with van der Waals surface area (Å²) < 4.78 is 63.6. The van der Waals surface area contributed by atoms with Gasteiger partial charge in [0.2, 0.25) is 0 Å². The predicted molar refractivity (Wildman–Crippen MR) is 129 cm³/mol. The molecule has 1 aliphatic carbocycles. The average Bonchev–Trinajstić information content (AvgIpc) is 3.43. The fraction of sp³-hybridized carbons (Fsp3) is 0.417. The second-order valence-electron chi connectivity index (χ2n) is 9.03. The van der Waals surface area contributed by atoms with Gasteiger partial charge in [-0.05, 0) is 50.1 Å². The highest BCUT2D eigenvalue weighted by Crippen LogP contribution is 2.42. The highest BCUT2D eigenvalue weighted by molar-refractivity contribution is 8.00. The monoisotopic (exact) mass is 535 g/mol. The van der Waals surface area contributed by atoms with Crippen molar-refractivity contribution in [2.75, 3.05) is 12.9 Å². The van der Waals surface area contributed by atoms with Crippen molar-refractivity contribution in [2.45, 2.75) is 54.3 Å². The number of alkyl halides is 3. The highest BCUT2D eigenvalue weighted by atomic mass is 32.2. The second-order valence-corrected chi connectivity index (χ2v) is 11.1. The predicted octanol–water partition coefficient (Wildman–Crippen LogP) is 6.80. The van der Waals surface area contributed by atoms with Crippen LogP contribution in [0.1, 0.15) is 60.7 Å². The smallest absolute Gasteiger partial charge is 0.373 e. The van der Waals surface area contributed by atoms with E-state index in [9.17, 15) is 13.2 Å². The van der Waals surface area contributed by atoms with E-state index in [0.29, 0.717) is 47.7 Å². The van der Waals surface area contributed by atoms with Crippen molar-refractivity contribution in [1.29, 1.82) is 0 Å². The molecule has 4 aromatic rings. The van der Waals surface area contributed by atoms with Gasteiger partial charge in [-0.1, -0.05) is 11.8 Å². The molecular weight excluding hydrogens is 514 g/mol. The maximum absolute atomic E-state index is 15.0. The third kappa shape index (κ3) is 4.50. The molecule has 188 valence electrons. The van der Waals surface area contributed by atoms with Gasteiger partial charge in [-0.15, -0.1) is 11.3 Å². The van der Waals surface area contributed by atoms with Crippen molar-refractivity contribution in [3.63, 3.8) is 0 Å². The molecule has 6 nitrogen and oxygen atoms in total. The van der Waals surface area contributed by atoms with Crippen LogP contribution in [0.5, 0.6) is 0 Å². The number of benzene rings is 1. The van der Waals surface area contributed by atoms with Crippen molar-refractivity contribution in [3.8, 4) is 11.3 Å². The van der Waals surface area contributed by atoms with Gasteiger partial charge in [0.25, 0.3) is 0 Å². The number of rotatable bonds is 5. The number of hydrogen-bond acceptors (Lipinski definition) is 7. The normalized spacial score (nSPS) is 20.8. The van der Waals surface area contributed by atoms with Gasteiger partial charge in [-0.3, -0.25) is 4.68 Å². The molecule has 12 heteroatoms. The zero-order valence-electron chi connectivity index (χ0n) is 19.1. The lowest BCUT2D eigenvalue weighted by molar-refractivity contribution is -0.137. The molecule has 6 rings (SSSR count). The van der Waals surface area contributed by atoms with E-state index < -0.39 is 17.6 Å². The number of ether oxygens (including phenoxy) is 1. The van der Waals surface area contributed by atoms with Crippen LogP contribution < -0.4 is 0 Å². The van der Waals surface area contributed by atoms with E-state index in [4.69, 9.17) is 14.7 Å². The molecule has 1 aromatic carbocycles. The van der Waals surface area contributed by atoms with Crippen molar-refractivity contribution < 1.29 is 22.3 Å². The molecule has 1 unspecified atom stereocenters. The molecule has 0 amide bonds. The minimum absolute atomic E-state index is 0.00210. The lowest BCUT2D eigenvalue weighted by atomic mass is 9.92. The number of nitrogens with zero attached hydrogens (tertiary/aromatic N) is 5. The summed E-state index contributed by atoms with van der Waals surface area (Å²) in [5, 5.41) is 4.46. The topological polar surface area (TPSA) is 65.7 Å². The Morgan fingerprint density at radius 2 is 1.97 bits per heavy atom. The molecule has 0 radical (unpaired) electrons. The van der Waals surface area contributed by atoms with Crippen molar-refractivity contribution in [2.24, 2.45) is 0 Å². The van der Waals surface area contributed by atoms with Crippen LogP contribution in [0.3, 0.4) is 0 Å². The van der Waals surface area contributed by atoms with E-state index in [2.05, 4.69) is 10.1 Å². The Hall–Kier alpha value is -2.57. The molecule has 2 fully saturated rings. The molecule has 2 aliphatic rings. The highest BCUT2D eigenvalue weighted by Gasteiger charge is 2.33. The van der Waals surface area contributed by atoms with Crippen LogP contribution in [-0.2, 0) is 10.9 Å². The van der Waals surface area contributed by atoms with E-state index >= 15 is 4.39 Å². The van der Waals surface area contributed by atoms with Crippen LogP contribution in [0.2, 0.25) is 0 Å². The minimum atomic E-state index is -4.63. The SMILES string of the molecule is CSc1nc2nc(C3CCO[C@@H](c4cnn(C5CC5)c4)C3)nc(-c3ccc(C(F)(F)F)cc3F)c2s1. The summed E-state index contributed by atoms with van der Waals surface area (Å²) in [6.45, 7) is 0.502. The molecule has 2 atom stereocenters. The van der Waals surface area contributed by atoms with Gasteiger partial charge in [0.15, 0.2) is 9.99 Å². The maximum atomic E-state index is 15.0. The van der Waals surface area contributed by atoms with Crippen LogP contribution in [0, 0.1) is 5.82 Å². The van der Waals surface area contributed by atoms with Crippen LogP contribution in [0.25, 0.3) is 21.6 Å². The zero-order valence-corrected chi connectivity index (χ0v) is 20.8. The van der Waals surface area contributed by atoms with Gasteiger partial charge in [-0.25, -0.2) is 19.3 Å². The number of thioether (sulfide) groups is 1. The van der Waals surface area contributed by atoms with Crippen LogP contribution in [-0.4, -0.2) is 37.6 Å². The number of aromatic nitrogens is 5. The summed E-state index contributed by atoms with van der Waals surface area (Å²) in [6, 6.07) is 3.01. The second kappa shape index (κ2) is 9.07. The molecule has 1 saturated carbocycles. The standard InChI is InChI=1S/C24H21F4N5OS2/c1-35-23-32-22-20(36-23)19(16-5-2-14(9-17(16)25)24(26,27)28)30-21(31-22)12-6-7-34-18(8-12)13-10-29-33(11-13)15-3-4-15/h2,5,9-12,15,18H,3-4,6-8H2,1H3/t12?,18-/m1/s1. The Morgan fingerprint density at radius 3 is 2.69 bits per heavy atom. The van der Waals surface area contributed by atoms with Gasteiger partial charge in [0.05, 0.1) is 29.6 Å². The first-order valence-corrected chi connectivity index (χ1v) is 13.6. The summed E-state index contributed by atoms with van der Waals surface area (Å²) in [5.74, 6) is -0.557. The zero-order chi connectivity index (χ0) is 25.0. The quantitative estimate of drug-likeness (QED) is 0.207. The molecule has 1 aliphatic heterocycles. The lowest BCUT2D eigenvalue weighted by Gasteiger charge is -2.28. The van der Waals surface area contributed by atoms with E-state index in [1.165, 1.54) is 23.1 Å². The van der Waals surface area contributed by atoms with Crippen molar-refractivity contribution >= 4 is 33.4 Å². The summed E-state index contributed by atoms with van der Waals surface area (Å²) in [4.78, 5) is 14.0. The van der Waals surface area contributed by atoms with Crippen molar-refractivity contribution in [1.82, 2.24) is 24.7 Å². The lowest BCUT2D eigenvalue weighted by Crippen LogP contribution is -2.20. The third-order valence-electron chi connectivity index (χ3n) is 6.54. The van der Waals surface area contributed by atoms with E-state index in [1.54, 1.807) is 0 Å². The van der Waals surface area contributed by atoms with E-state index in [0.717, 1.165) is 34.9 Å². The summed E-state index contributed by atoms with van der Waals surface area (Å²) >= 11 is 2.73. The van der Waals surface area contributed by atoms with Gasteiger partial charge in [-0.2, -0.15) is 18.3 Å². The Morgan fingerprint density at radius 1 is 1.14 bits per heavy atom. The fourth-order valence-corrected chi connectivity index (χ4v) is 5.98. The number of hydrogen-bond donors (Lipinski definition) is 0. The first-order chi connectivity index (χ1) is 17.3. The van der Waals surface area contributed by atoms with Crippen LogP contribution in [0.4, 0.5) is 17.6 Å². The molecule has 36 heavy (non-hydrogen) atoms. The summed E-state index contributed by atoms with van der Waals surface area (Å²) in [7, 11) is 0. The number of halogens is 4. The minimum Gasteiger partial charge on any atom is -0.373 e. The van der Waals surface area contributed by atoms with Gasteiger partial charge in [0.1, 0.15) is 16.3 Å². The fourth-order valence-electron chi connectivity index (χ4n) is 4.48. The van der Waals surface area contributed by atoms with E-state index in [1.807, 2.05) is 23.3 Å². The Labute approximate surface area is 212 Å². The summed E-state index contributed by atoms with van der Waals surface area (Å²) in [5.41, 5.74) is 0.654. The maximum Gasteiger partial charge on any atom is 0.416 e. The molecule has 4 heterocycles. The first kappa shape index (κ1) is 23.8. The Balaban J connectivity index is 1.38. The van der Waals surface area contributed by atoms with Crippen LogP contribution in [0.15, 0.2) is 34.9 Å². The Kier molecular flexibility index (Phi) is 6.00. The van der Waals surface area contributed by atoms with Gasteiger partial charge < -0.3 is 4.74 Å². The van der Waals surface area contributed by atoms with Gasteiger partial charge in [0, 0.05) is 29.8 Å². The molecule has 0 spiro atoms. The van der Waals surface area contributed by atoms with Crippen molar-refractivity contribution in [3.05, 3.63) is 53.4 Å². The number of fused-ring (bicyclic) bond motifs is 1. The van der Waals surface area contributed by atoms with Crippen LogP contribution >= 0.6 is 23.1 Å². The molecule has 0 bridgehead atoms. The third-order valence-corrected chi connectivity index (χ3v) is 8.58.